The van der Waals surface area contributed by atoms with Crippen LogP contribution in [0.5, 0.6) is 0 Å². The van der Waals surface area contributed by atoms with Gasteiger partial charge in [0.2, 0.25) is 0 Å². The number of nitrogens with two attached hydrogens (primary N) is 1. The second kappa shape index (κ2) is 7.60. The number of carbonyl (C=O) groups excluding carboxylic acids is 2. The molecule has 1 fully saturated rings. The molecule has 136 valence electrons. The Balaban J connectivity index is 1.62. The number of nitrogen functional groups attached to an aromatic ring is 1. The van der Waals surface area contributed by atoms with Gasteiger partial charge >= 0.3 is 5.97 Å². The molecule has 0 aliphatic carbocycles. The SMILES string of the molecule is COC(=O)c1ccc(C2CCN(C(=O)c3ccc(C)c(N)c3)CC2)cc1. The van der Waals surface area contributed by atoms with Crippen LogP contribution in [0.1, 0.15) is 50.6 Å². The number of carbonyl (C=O) groups is 2. The summed E-state index contributed by atoms with van der Waals surface area (Å²) in [5.41, 5.74) is 9.96. The van der Waals surface area contributed by atoms with E-state index in [0.717, 1.165) is 31.5 Å². The lowest BCUT2D eigenvalue weighted by atomic mass is 9.88. The third-order valence-electron chi connectivity index (χ3n) is 5.11. The number of piperidine rings is 1. The first-order valence-corrected chi connectivity index (χ1v) is 8.83. The van der Waals surface area contributed by atoms with Crippen molar-refractivity contribution in [1.29, 1.82) is 0 Å². The summed E-state index contributed by atoms with van der Waals surface area (Å²) in [4.78, 5) is 26.1. The number of benzene rings is 2. The molecule has 5 heteroatoms. The first-order valence-electron chi connectivity index (χ1n) is 8.83. The van der Waals surface area contributed by atoms with Crippen LogP contribution in [0.25, 0.3) is 0 Å². The van der Waals surface area contributed by atoms with Gasteiger partial charge in [-0.05, 0) is 61.1 Å². The van der Waals surface area contributed by atoms with Gasteiger partial charge < -0.3 is 15.4 Å². The lowest BCUT2D eigenvalue weighted by molar-refractivity contribution is 0.0600. The Labute approximate surface area is 153 Å². The number of nitrogens with zero attached hydrogens (tertiary/aromatic N) is 1. The zero-order valence-electron chi connectivity index (χ0n) is 15.2. The molecule has 0 unspecified atom stereocenters. The summed E-state index contributed by atoms with van der Waals surface area (Å²) >= 11 is 0. The van der Waals surface area contributed by atoms with Gasteiger partial charge in [-0.15, -0.1) is 0 Å². The molecule has 0 atom stereocenters. The smallest absolute Gasteiger partial charge is 0.337 e. The third kappa shape index (κ3) is 3.72. The number of methoxy groups -OCH3 is 1. The minimum absolute atomic E-state index is 0.0381. The molecule has 1 saturated heterocycles. The van der Waals surface area contributed by atoms with Crippen molar-refractivity contribution >= 4 is 17.6 Å². The van der Waals surface area contributed by atoms with E-state index in [-0.39, 0.29) is 11.9 Å². The van der Waals surface area contributed by atoms with Gasteiger partial charge in [-0.3, -0.25) is 4.79 Å². The molecule has 2 aromatic carbocycles. The summed E-state index contributed by atoms with van der Waals surface area (Å²) in [7, 11) is 1.38. The first kappa shape index (κ1) is 18.0. The molecule has 5 nitrogen and oxygen atoms in total. The van der Waals surface area contributed by atoms with Gasteiger partial charge in [-0.25, -0.2) is 4.79 Å². The summed E-state index contributed by atoms with van der Waals surface area (Å²) in [6.07, 6.45) is 1.81. The highest BCUT2D eigenvalue weighted by Gasteiger charge is 2.25. The first-order chi connectivity index (χ1) is 12.5. The predicted octanol–water partition coefficient (Wildman–Crippen LogP) is 3.38. The summed E-state index contributed by atoms with van der Waals surface area (Å²) < 4.78 is 4.73. The topological polar surface area (TPSA) is 72.6 Å². The average molecular weight is 352 g/mol. The van der Waals surface area contributed by atoms with E-state index in [1.54, 1.807) is 18.2 Å². The highest BCUT2D eigenvalue weighted by atomic mass is 16.5. The van der Waals surface area contributed by atoms with Gasteiger partial charge in [-0.2, -0.15) is 0 Å². The van der Waals surface area contributed by atoms with E-state index >= 15 is 0 Å². The molecule has 1 aliphatic rings. The molecule has 1 aliphatic heterocycles. The number of rotatable bonds is 3. The fourth-order valence-electron chi connectivity index (χ4n) is 3.38. The zero-order chi connectivity index (χ0) is 18.7. The minimum atomic E-state index is -0.325. The van der Waals surface area contributed by atoms with Gasteiger partial charge in [-0.1, -0.05) is 18.2 Å². The van der Waals surface area contributed by atoms with E-state index in [4.69, 9.17) is 10.5 Å². The molecule has 0 saturated carbocycles. The highest BCUT2D eigenvalue weighted by molar-refractivity contribution is 5.95. The van der Waals surface area contributed by atoms with Crippen molar-refractivity contribution in [2.24, 2.45) is 0 Å². The number of likely N-dealkylation sites (tertiary alicyclic amines) is 1. The quantitative estimate of drug-likeness (QED) is 0.679. The molecule has 1 heterocycles. The maximum absolute atomic E-state index is 12.7. The van der Waals surface area contributed by atoms with E-state index in [0.29, 0.717) is 22.7 Å². The normalized spacial score (nSPS) is 14.9. The minimum Gasteiger partial charge on any atom is -0.465 e. The van der Waals surface area contributed by atoms with Gasteiger partial charge in [0.25, 0.3) is 5.91 Å². The fourth-order valence-corrected chi connectivity index (χ4v) is 3.38. The lowest BCUT2D eigenvalue weighted by Crippen LogP contribution is -2.38. The number of amides is 1. The van der Waals surface area contributed by atoms with Crippen LogP contribution in [0.3, 0.4) is 0 Å². The van der Waals surface area contributed by atoms with Crippen LogP contribution in [-0.2, 0) is 4.74 Å². The van der Waals surface area contributed by atoms with Crippen LogP contribution in [0, 0.1) is 6.92 Å². The fraction of sp³-hybridized carbons (Fsp3) is 0.333. The van der Waals surface area contributed by atoms with Gasteiger partial charge in [0.05, 0.1) is 12.7 Å². The van der Waals surface area contributed by atoms with E-state index in [1.807, 2.05) is 36.1 Å². The van der Waals surface area contributed by atoms with E-state index in [2.05, 4.69) is 0 Å². The van der Waals surface area contributed by atoms with E-state index < -0.39 is 0 Å². The van der Waals surface area contributed by atoms with Gasteiger partial charge in [0.1, 0.15) is 0 Å². The Morgan fingerprint density at radius 3 is 2.23 bits per heavy atom. The van der Waals surface area contributed by atoms with Crippen LogP contribution >= 0.6 is 0 Å². The highest BCUT2D eigenvalue weighted by Crippen LogP contribution is 2.29. The largest absolute Gasteiger partial charge is 0.465 e. The molecule has 2 N–H and O–H groups in total. The predicted molar refractivity (Wildman–Crippen MR) is 101 cm³/mol. The van der Waals surface area contributed by atoms with Crippen molar-refractivity contribution < 1.29 is 14.3 Å². The molecule has 1 amide bonds. The van der Waals surface area contributed by atoms with Crippen LogP contribution in [0.2, 0.25) is 0 Å². The Morgan fingerprint density at radius 2 is 1.65 bits per heavy atom. The number of hydrogen-bond acceptors (Lipinski definition) is 4. The summed E-state index contributed by atoms with van der Waals surface area (Å²) in [6, 6.07) is 13.0. The summed E-state index contributed by atoms with van der Waals surface area (Å²) in [6.45, 7) is 3.37. The van der Waals surface area contributed by atoms with Gasteiger partial charge in [0, 0.05) is 24.3 Å². The maximum atomic E-state index is 12.7. The van der Waals surface area contributed by atoms with Crippen LogP contribution in [-0.4, -0.2) is 37.0 Å². The van der Waals surface area contributed by atoms with Crippen molar-refractivity contribution in [3.63, 3.8) is 0 Å². The van der Waals surface area contributed by atoms with Crippen LogP contribution < -0.4 is 5.73 Å². The molecule has 3 rings (SSSR count). The molecular formula is C21H24N2O3. The molecular weight excluding hydrogens is 328 g/mol. The molecule has 2 aromatic rings. The number of anilines is 1. The van der Waals surface area contributed by atoms with E-state index in [1.165, 1.54) is 12.7 Å². The van der Waals surface area contributed by atoms with E-state index in [9.17, 15) is 9.59 Å². The lowest BCUT2D eigenvalue weighted by Gasteiger charge is -2.32. The average Bonchev–Trinajstić information content (AvgIpc) is 2.69. The van der Waals surface area contributed by atoms with Crippen LogP contribution in [0.15, 0.2) is 42.5 Å². The zero-order valence-corrected chi connectivity index (χ0v) is 15.2. The standard InChI is InChI=1S/C21H24N2O3/c1-14-3-4-18(13-19(14)22)20(24)23-11-9-16(10-12-23)15-5-7-17(8-6-15)21(25)26-2/h3-8,13,16H,9-12,22H2,1-2H3. The Morgan fingerprint density at radius 1 is 1.04 bits per heavy atom. The Bertz CT molecular complexity index is 807. The Hall–Kier alpha value is -2.82. The van der Waals surface area contributed by atoms with Crippen molar-refractivity contribution in [3.05, 3.63) is 64.7 Å². The second-order valence-corrected chi connectivity index (χ2v) is 6.75. The third-order valence-corrected chi connectivity index (χ3v) is 5.11. The van der Waals surface area contributed by atoms with Gasteiger partial charge in [0.15, 0.2) is 0 Å². The Kier molecular flexibility index (Phi) is 5.26. The number of hydrogen-bond donors (Lipinski definition) is 1. The number of esters is 1. The summed E-state index contributed by atoms with van der Waals surface area (Å²) in [5.74, 6) is 0.111. The van der Waals surface area contributed by atoms with Crippen molar-refractivity contribution in [2.45, 2.75) is 25.7 Å². The maximum Gasteiger partial charge on any atom is 0.337 e. The molecule has 0 bridgehead atoms. The molecule has 0 radical (unpaired) electrons. The number of ether oxygens (including phenoxy) is 1. The van der Waals surface area contributed by atoms with Crippen molar-refractivity contribution in [2.75, 3.05) is 25.9 Å². The molecule has 0 spiro atoms. The van der Waals surface area contributed by atoms with Crippen molar-refractivity contribution in [3.8, 4) is 0 Å². The second-order valence-electron chi connectivity index (χ2n) is 6.75. The molecule has 0 aromatic heterocycles. The summed E-state index contributed by atoms with van der Waals surface area (Å²) in [5, 5.41) is 0. The number of aryl methyl sites for hydroxylation is 1. The van der Waals surface area contributed by atoms with Crippen molar-refractivity contribution in [1.82, 2.24) is 4.90 Å². The monoisotopic (exact) mass is 352 g/mol. The van der Waals surface area contributed by atoms with Crippen LogP contribution in [0.4, 0.5) is 5.69 Å². The molecule has 26 heavy (non-hydrogen) atoms.